The number of hydrogen-bond donors (Lipinski definition) is 0. The maximum absolute atomic E-state index is 6.95. The smallest absolute Gasteiger partial charge is 0.143 e. The highest BCUT2D eigenvalue weighted by Gasteiger charge is 2.23. The van der Waals surface area contributed by atoms with E-state index in [1.165, 1.54) is 76.5 Å². The van der Waals surface area contributed by atoms with Crippen LogP contribution in [-0.4, -0.2) is 0 Å². The Morgan fingerprint density at radius 2 is 0.667 bits per heavy atom. The summed E-state index contributed by atoms with van der Waals surface area (Å²) in [5.74, 6) is 0. The van der Waals surface area contributed by atoms with Crippen molar-refractivity contribution in [1.82, 2.24) is 0 Å². The predicted molar refractivity (Wildman–Crippen MR) is 253 cm³/mol. The fraction of sp³-hybridized carbons (Fsp3) is 0. The number of para-hydroxylation sites is 2. The number of benzene rings is 11. The van der Waals surface area contributed by atoms with Crippen molar-refractivity contribution >= 4 is 87.0 Å². The maximum Gasteiger partial charge on any atom is 0.143 e. The minimum Gasteiger partial charge on any atom is -0.456 e. The molecule has 0 N–H and O–H groups in total. The zero-order chi connectivity index (χ0) is 39.3. The van der Waals surface area contributed by atoms with E-state index in [4.69, 9.17) is 8.83 Å². The van der Waals surface area contributed by atoms with Gasteiger partial charge in [-0.1, -0.05) is 182 Å². The molecule has 11 aromatic carbocycles. The van der Waals surface area contributed by atoms with Crippen LogP contribution in [0, 0.1) is 0 Å². The normalized spacial score (nSPS) is 12.0. The number of hydrogen-bond acceptors (Lipinski definition) is 2. The molecule has 13 aromatic rings. The molecule has 0 amide bonds. The molecule has 60 heavy (non-hydrogen) atoms. The van der Waals surface area contributed by atoms with Gasteiger partial charge in [-0.2, -0.15) is 0 Å². The van der Waals surface area contributed by atoms with Crippen LogP contribution in [-0.2, 0) is 0 Å². The summed E-state index contributed by atoms with van der Waals surface area (Å²) in [7, 11) is 0. The molecule has 0 atom stereocenters. The van der Waals surface area contributed by atoms with Crippen LogP contribution >= 0.6 is 0 Å². The van der Waals surface area contributed by atoms with Gasteiger partial charge in [-0.15, -0.1) is 0 Å². The minimum absolute atomic E-state index is 0.875. The van der Waals surface area contributed by atoms with Gasteiger partial charge in [0.25, 0.3) is 0 Å². The molecule has 0 saturated carbocycles. The highest BCUT2D eigenvalue weighted by molar-refractivity contribution is 6.27. The van der Waals surface area contributed by atoms with Crippen molar-refractivity contribution in [3.05, 3.63) is 206 Å². The molecular weight excluding hydrogens is 729 g/mol. The molecule has 0 radical (unpaired) electrons. The summed E-state index contributed by atoms with van der Waals surface area (Å²) in [6.45, 7) is 0. The first-order valence-electron chi connectivity index (χ1n) is 20.6. The summed E-state index contributed by atoms with van der Waals surface area (Å²) < 4.78 is 13.3. The van der Waals surface area contributed by atoms with E-state index in [1.807, 2.05) is 6.07 Å². The molecule has 2 heteroatoms. The van der Waals surface area contributed by atoms with Gasteiger partial charge in [-0.25, -0.2) is 0 Å². The monoisotopic (exact) mass is 762 g/mol. The summed E-state index contributed by atoms with van der Waals surface area (Å²) in [6, 6.07) is 74.3. The molecule has 2 aromatic heterocycles. The van der Waals surface area contributed by atoms with Crippen molar-refractivity contribution in [2.75, 3.05) is 0 Å². The predicted octanol–water partition coefficient (Wildman–Crippen LogP) is 16.8. The van der Waals surface area contributed by atoms with Crippen LogP contribution < -0.4 is 0 Å². The summed E-state index contributed by atoms with van der Waals surface area (Å²) >= 11 is 0. The topological polar surface area (TPSA) is 26.3 Å². The number of furan rings is 2. The van der Waals surface area contributed by atoms with Gasteiger partial charge < -0.3 is 8.83 Å². The van der Waals surface area contributed by atoms with Gasteiger partial charge in [0.15, 0.2) is 0 Å². The minimum atomic E-state index is 0.875. The second kappa shape index (κ2) is 12.8. The van der Waals surface area contributed by atoms with Crippen molar-refractivity contribution in [2.45, 2.75) is 0 Å². The number of rotatable bonds is 4. The fourth-order valence-electron chi connectivity index (χ4n) is 10.2. The SMILES string of the molecule is c1ccc(-c2c3ccccc3c(-c3cccc4c3oc3ccc(-c5c6ccccc6c(-c6cccc7oc8ccccc8c67)c6ccccc56)cc34)c3ccccc23)cc1. The summed E-state index contributed by atoms with van der Waals surface area (Å²) in [6.07, 6.45) is 0. The Bertz CT molecular complexity index is 3770. The Labute approximate surface area is 345 Å². The second-order valence-electron chi connectivity index (χ2n) is 15.8. The van der Waals surface area contributed by atoms with Gasteiger partial charge >= 0.3 is 0 Å². The molecular formula is C58H34O2. The molecule has 2 heterocycles. The van der Waals surface area contributed by atoms with E-state index in [1.54, 1.807) is 0 Å². The fourth-order valence-corrected chi connectivity index (χ4v) is 10.2. The molecule has 0 fully saturated rings. The average Bonchev–Trinajstić information content (AvgIpc) is 3.89. The third-order valence-corrected chi connectivity index (χ3v) is 12.7. The Balaban J connectivity index is 1.06. The molecule has 278 valence electrons. The summed E-state index contributed by atoms with van der Waals surface area (Å²) in [5, 5.41) is 14.2. The van der Waals surface area contributed by atoms with E-state index in [9.17, 15) is 0 Å². The van der Waals surface area contributed by atoms with Crippen LogP contribution in [0.5, 0.6) is 0 Å². The van der Waals surface area contributed by atoms with Crippen LogP contribution in [0.2, 0.25) is 0 Å². The third-order valence-electron chi connectivity index (χ3n) is 12.7. The van der Waals surface area contributed by atoms with E-state index < -0.39 is 0 Å². The van der Waals surface area contributed by atoms with Gasteiger partial charge in [0.05, 0.1) is 0 Å². The van der Waals surface area contributed by atoms with Crippen molar-refractivity contribution in [3.63, 3.8) is 0 Å². The average molecular weight is 763 g/mol. The molecule has 13 rings (SSSR count). The van der Waals surface area contributed by atoms with E-state index in [0.29, 0.717) is 0 Å². The zero-order valence-corrected chi connectivity index (χ0v) is 32.4. The first-order chi connectivity index (χ1) is 29.8. The van der Waals surface area contributed by atoms with Crippen LogP contribution in [0.3, 0.4) is 0 Å². The Hall–Kier alpha value is -7.94. The Morgan fingerprint density at radius 3 is 1.28 bits per heavy atom. The van der Waals surface area contributed by atoms with Crippen LogP contribution in [0.1, 0.15) is 0 Å². The van der Waals surface area contributed by atoms with Gasteiger partial charge in [0.2, 0.25) is 0 Å². The molecule has 0 bridgehead atoms. The lowest BCUT2D eigenvalue weighted by Gasteiger charge is -2.18. The quantitative estimate of drug-likeness (QED) is 0.167. The van der Waals surface area contributed by atoms with Crippen molar-refractivity contribution < 1.29 is 8.83 Å². The molecule has 0 spiro atoms. The third kappa shape index (κ3) is 4.70. The van der Waals surface area contributed by atoms with Gasteiger partial charge in [0.1, 0.15) is 22.3 Å². The molecule has 0 aliphatic heterocycles. The lowest BCUT2D eigenvalue weighted by atomic mass is 9.84. The van der Waals surface area contributed by atoms with E-state index in [2.05, 4.69) is 200 Å². The molecule has 0 unspecified atom stereocenters. The van der Waals surface area contributed by atoms with Gasteiger partial charge in [-0.3, -0.25) is 0 Å². The Morgan fingerprint density at radius 1 is 0.233 bits per heavy atom. The van der Waals surface area contributed by atoms with Crippen molar-refractivity contribution in [1.29, 1.82) is 0 Å². The van der Waals surface area contributed by atoms with Gasteiger partial charge in [-0.05, 0) is 101 Å². The molecule has 2 nitrogen and oxygen atoms in total. The van der Waals surface area contributed by atoms with Crippen LogP contribution in [0.4, 0.5) is 0 Å². The Kier molecular flexibility index (Phi) is 7.05. The zero-order valence-electron chi connectivity index (χ0n) is 32.4. The molecule has 0 saturated heterocycles. The van der Waals surface area contributed by atoms with E-state index in [0.717, 1.165) is 55.0 Å². The first kappa shape index (κ1) is 33.1. The van der Waals surface area contributed by atoms with Crippen molar-refractivity contribution in [3.8, 4) is 44.5 Å². The van der Waals surface area contributed by atoms with Crippen LogP contribution in [0.25, 0.3) is 131 Å². The molecule has 0 aliphatic carbocycles. The van der Waals surface area contributed by atoms with Gasteiger partial charge in [0, 0.05) is 32.7 Å². The summed E-state index contributed by atoms with van der Waals surface area (Å²) in [5.41, 5.74) is 13.1. The maximum atomic E-state index is 6.95. The highest BCUT2D eigenvalue weighted by Crippen LogP contribution is 2.49. The standard InChI is InChI=1S/C58H34O2/c1-2-16-35(17-3-1)53-37-18-4-10-24-43(37)56(44-25-11-5-19-38(44)53)48-29-14-27-45-49-34-36(32-33-51(49)60-58(45)48)54-39-20-6-8-22-41(39)55(42-23-9-7-21-40(42)54)47-28-15-31-52-57(47)46-26-12-13-30-50(46)59-52/h1-34H. The van der Waals surface area contributed by atoms with E-state index >= 15 is 0 Å². The lowest BCUT2D eigenvalue weighted by molar-refractivity contribution is 0.669. The van der Waals surface area contributed by atoms with Crippen LogP contribution in [0.15, 0.2) is 215 Å². The van der Waals surface area contributed by atoms with Crippen molar-refractivity contribution in [2.24, 2.45) is 0 Å². The highest BCUT2D eigenvalue weighted by atomic mass is 16.3. The first-order valence-corrected chi connectivity index (χ1v) is 20.6. The summed E-state index contributed by atoms with van der Waals surface area (Å²) in [4.78, 5) is 0. The van der Waals surface area contributed by atoms with E-state index in [-0.39, 0.29) is 0 Å². The lowest BCUT2D eigenvalue weighted by Crippen LogP contribution is -1.91. The number of fused-ring (bicyclic) bond motifs is 10. The second-order valence-corrected chi connectivity index (χ2v) is 15.8. The largest absolute Gasteiger partial charge is 0.456 e. The molecule has 0 aliphatic rings.